The van der Waals surface area contributed by atoms with Crippen LogP contribution >= 0.6 is 0 Å². The Bertz CT molecular complexity index is 595. The molecular weight excluding hydrogens is 282 g/mol. The van der Waals surface area contributed by atoms with Gasteiger partial charge in [-0.15, -0.1) is 0 Å². The van der Waals surface area contributed by atoms with Crippen molar-refractivity contribution in [3.05, 3.63) is 24.3 Å². The third kappa shape index (κ3) is 3.76. The van der Waals surface area contributed by atoms with Crippen LogP contribution in [0.1, 0.15) is 19.8 Å². The fourth-order valence-corrected chi connectivity index (χ4v) is 2.36. The Kier molecular flexibility index (Phi) is 5.37. The molecule has 1 aliphatic rings. The highest BCUT2D eigenvalue weighted by molar-refractivity contribution is 5.95. The van der Waals surface area contributed by atoms with Crippen LogP contribution < -0.4 is 9.64 Å². The smallest absolute Gasteiger partial charge is 0.261 e. The van der Waals surface area contributed by atoms with Gasteiger partial charge in [-0.3, -0.25) is 9.59 Å². The van der Waals surface area contributed by atoms with Gasteiger partial charge in [0.05, 0.1) is 6.07 Å². The molecule has 1 heterocycles. The maximum Gasteiger partial charge on any atom is 0.261 e. The first kappa shape index (κ1) is 15.8. The zero-order chi connectivity index (χ0) is 15.9. The normalized spacial score (nSPS) is 13.8. The molecule has 2 amide bonds. The molecule has 0 spiro atoms. The van der Waals surface area contributed by atoms with Crippen molar-refractivity contribution in [1.29, 1.82) is 5.26 Å². The van der Waals surface area contributed by atoms with E-state index < -0.39 is 0 Å². The maximum absolute atomic E-state index is 11.9. The monoisotopic (exact) mass is 301 g/mol. The molecule has 0 N–H and O–H groups in total. The summed E-state index contributed by atoms with van der Waals surface area (Å²) in [6, 6.07) is 9.12. The summed E-state index contributed by atoms with van der Waals surface area (Å²) >= 11 is 0. The average molecular weight is 301 g/mol. The van der Waals surface area contributed by atoms with E-state index in [1.807, 2.05) is 19.1 Å². The third-order valence-electron chi connectivity index (χ3n) is 3.56. The Labute approximate surface area is 129 Å². The number of benzene rings is 1. The first-order valence-corrected chi connectivity index (χ1v) is 7.33. The number of amides is 2. The number of hydrogen-bond donors (Lipinski definition) is 0. The zero-order valence-electron chi connectivity index (χ0n) is 12.6. The van der Waals surface area contributed by atoms with Crippen LogP contribution in [0, 0.1) is 11.3 Å². The molecule has 116 valence electrons. The number of carbonyl (C=O) groups excluding carboxylic acids is 2. The molecule has 1 saturated heterocycles. The lowest BCUT2D eigenvalue weighted by molar-refractivity contribution is -0.132. The fraction of sp³-hybridized carbons (Fsp3) is 0.438. The van der Waals surface area contributed by atoms with Gasteiger partial charge in [0, 0.05) is 31.3 Å². The summed E-state index contributed by atoms with van der Waals surface area (Å²) in [5.74, 6) is 0.421. The largest absolute Gasteiger partial charge is 0.484 e. The van der Waals surface area contributed by atoms with Gasteiger partial charge in [0.15, 0.2) is 6.61 Å². The van der Waals surface area contributed by atoms with Crippen LogP contribution in [0.2, 0.25) is 0 Å². The Morgan fingerprint density at radius 3 is 2.95 bits per heavy atom. The molecule has 1 fully saturated rings. The van der Waals surface area contributed by atoms with E-state index in [-0.39, 0.29) is 25.0 Å². The lowest BCUT2D eigenvalue weighted by Gasteiger charge is -2.19. The summed E-state index contributed by atoms with van der Waals surface area (Å²) in [5, 5.41) is 8.66. The van der Waals surface area contributed by atoms with Crippen molar-refractivity contribution < 1.29 is 14.3 Å². The Morgan fingerprint density at radius 2 is 2.32 bits per heavy atom. The van der Waals surface area contributed by atoms with E-state index in [2.05, 4.69) is 0 Å². The molecule has 0 radical (unpaired) electrons. The minimum absolute atomic E-state index is 0.0566. The number of anilines is 1. The van der Waals surface area contributed by atoms with Crippen molar-refractivity contribution in [2.24, 2.45) is 0 Å². The van der Waals surface area contributed by atoms with E-state index in [1.165, 1.54) is 4.90 Å². The molecule has 0 aromatic heterocycles. The number of ether oxygens (including phenoxy) is 1. The van der Waals surface area contributed by atoms with Crippen molar-refractivity contribution in [2.45, 2.75) is 19.8 Å². The molecule has 1 aromatic carbocycles. The number of nitriles is 1. The highest BCUT2D eigenvalue weighted by Crippen LogP contribution is 2.25. The van der Waals surface area contributed by atoms with E-state index >= 15 is 0 Å². The molecule has 0 unspecified atom stereocenters. The summed E-state index contributed by atoms with van der Waals surface area (Å²) in [6.45, 7) is 2.94. The van der Waals surface area contributed by atoms with Gasteiger partial charge in [0.25, 0.3) is 5.91 Å². The van der Waals surface area contributed by atoms with Crippen molar-refractivity contribution in [2.75, 3.05) is 31.1 Å². The highest BCUT2D eigenvalue weighted by atomic mass is 16.5. The second-order valence-corrected chi connectivity index (χ2v) is 5.00. The first-order chi connectivity index (χ1) is 10.7. The van der Waals surface area contributed by atoms with E-state index in [1.54, 1.807) is 23.1 Å². The standard InChI is InChI=1S/C16H19N3O3/c1-2-18(10-8-17)16(21)12-22-14-6-3-5-13(11-14)19-9-4-7-15(19)20/h3,5-6,11H,2,4,7,9-10,12H2,1H3. The van der Waals surface area contributed by atoms with Crippen LogP contribution in [0.25, 0.3) is 0 Å². The van der Waals surface area contributed by atoms with Crippen LogP contribution in [0.4, 0.5) is 5.69 Å². The van der Waals surface area contributed by atoms with Crippen molar-refractivity contribution in [3.8, 4) is 11.8 Å². The number of carbonyl (C=O) groups is 2. The molecule has 0 atom stereocenters. The minimum Gasteiger partial charge on any atom is -0.484 e. The van der Waals surface area contributed by atoms with E-state index in [9.17, 15) is 9.59 Å². The first-order valence-electron chi connectivity index (χ1n) is 7.33. The topological polar surface area (TPSA) is 73.6 Å². The number of hydrogen-bond acceptors (Lipinski definition) is 4. The van der Waals surface area contributed by atoms with Gasteiger partial charge in [-0.05, 0) is 25.5 Å². The number of rotatable bonds is 6. The predicted octanol–water partition coefficient (Wildman–Crippen LogP) is 1.56. The van der Waals surface area contributed by atoms with Gasteiger partial charge in [0.1, 0.15) is 12.3 Å². The van der Waals surface area contributed by atoms with Crippen LogP contribution in [-0.2, 0) is 9.59 Å². The predicted molar refractivity (Wildman–Crippen MR) is 81.4 cm³/mol. The van der Waals surface area contributed by atoms with E-state index in [0.717, 1.165) is 12.1 Å². The van der Waals surface area contributed by atoms with Gasteiger partial charge in [-0.1, -0.05) is 6.07 Å². The molecule has 0 bridgehead atoms. The lowest BCUT2D eigenvalue weighted by atomic mass is 10.3. The molecule has 6 nitrogen and oxygen atoms in total. The van der Waals surface area contributed by atoms with E-state index in [4.69, 9.17) is 10.00 Å². The van der Waals surface area contributed by atoms with Crippen molar-refractivity contribution in [3.63, 3.8) is 0 Å². The molecule has 22 heavy (non-hydrogen) atoms. The maximum atomic E-state index is 11.9. The molecule has 6 heteroatoms. The second-order valence-electron chi connectivity index (χ2n) is 5.00. The van der Waals surface area contributed by atoms with Crippen LogP contribution in [0.5, 0.6) is 5.75 Å². The Hall–Kier alpha value is -2.55. The Morgan fingerprint density at radius 1 is 1.50 bits per heavy atom. The SMILES string of the molecule is CCN(CC#N)C(=O)COc1cccc(N2CCCC2=O)c1. The zero-order valence-corrected chi connectivity index (χ0v) is 12.6. The minimum atomic E-state index is -0.230. The lowest BCUT2D eigenvalue weighted by Crippen LogP contribution is -2.35. The van der Waals surface area contributed by atoms with Gasteiger partial charge in [-0.2, -0.15) is 5.26 Å². The number of likely N-dealkylation sites (N-methyl/N-ethyl adjacent to an activating group) is 1. The van der Waals surface area contributed by atoms with Gasteiger partial charge in [0.2, 0.25) is 5.91 Å². The molecule has 0 aliphatic carbocycles. The summed E-state index contributed by atoms with van der Waals surface area (Å²) in [6.07, 6.45) is 1.44. The third-order valence-corrected chi connectivity index (χ3v) is 3.56. The van der Waals surface area contributed by atoms with Crippen LogP contribution in [-0.4, -0.2) is 43.0 Å². The van der Waals surface area contributed by atoms with Crippen molar-refractivity contribution in [1.82, 2.24) is 4.90 Å². The second kappa shape index (κ2) is 7.46. The van der Waals surface area contributed by atoms with Gasteiger partial charge in [-0.25, -0.2) is 0 Å². The molecule has 1 aromatic rings. The van der Waals surface area contributed by atoms with Crippen molar-refractivity contribution >= 4 is 17.5 Å². The highest BCUT2D eigenvalue weighted by Gasteiger charge is 2.22. The van der Waals surface area contributed by atoms with Crippen LogP contribution in [0.3, 0.4) is 0 Å². The summed E-state index contributed by atoms with van der Waals surface area (Å²) in [4.78, 5) is 26.8. The van der Waals surface area contributed by atoms with Gasteiger partial charge >= 0.3 is 0 Å². The van der Waals surface area contributed by atoms with E-state index in [0.29, 0.717) is 25.3 Å². The average Bonchev–Trinajstić information content (AvgIpc) is 2.96. The molecule has 2 rings (SSSR count). The van der Waals surface area contributed by atoms with Crippen LogP contribution in [0.15, 0.2) is 24.3 Å². The molecule has 1 aliphatic heterocycles. The number of nitrogens with zero attached hydrogens (tertiary/aromatic N) is 3. The van der Waals surface area contributed by atoms with Gasteiger partial charge < -0.3 is 14.5 Å². The quantitative estimate of drug-likeness (QED) is 0.747. The molecule has 0 saturated carbocycles. The summed E-state index contributed by atoms with van der Waals surface area (Å²) < 4.78 is 5.49. The molecular formula is C16H19N3O3. The summed E-state index contributed by atoms with van der Waals surface area (Å²) in [7, 11) is 0. The summed E-state index contributed by atoms with van der Waals surface area (Å²) in [5.41, 5.74) is 0.789. The Balaban J connectivity index is 1.97. The fourth-order valence-electron chi connectivity index (χ4n) is 2.36.